The molecule has 1 aromatic rings. The van der Waals surface area contributed by atoms with E-state index >= 15 is 0 Å². The Kier molecular flexibility index (Phi) is 6.16. The first kappa shape index (κ1) is 15.0. The normalized spacial score (nSPS) is 11.3. The third-order valence-electron chi connectivity index (χ3n) is 2.91. The summed E-state index contributed by atoms with van der Waals surface area (Å²) in [6.07, 6.45) is 0.290. The van der Waals surface area contributed by atoms with Gasteiger partial charge >= 0.3 is 0 Å². The number of anilines is 1. The van der Waals surface area contributed by atoms with Gasteiger partial charge in [0.15, 0.2) is 0 Å². The summed E-state index contributed by atoms with van der Waals surface area (Å²) in [5.41, 5.74) is 8.01. The maximum absolute atomic E-state index is 5.63. The van der Waals surface area contributed by atoms with Gasteiger partial charge in [-0.3, -0.25) is 0 Å². The van der Waals surface area contributed by atoms with Crippen molar-refractivity contribution in [3.8, 4) is 0 Å². The highest BCUT2D eigenvalue weighted by Gasteiger charge is 2.10. The highest BCUT2D eigenvalue weighted by atomic mass is 16.5. The van der Waals surface area contributed by atoms with E-state index in [9.17, 15) is 0 Å². The number of hydrogen-bond donors (Lipinski definition) is 1. The minimum Gasteiger partial charge on any atom is -0.377 e. The fourth-order valence-electron chi connectivity index (χ4n) is 1.90. The molecule has 0 aliphatic rings. The van der Waals surface area contributed by atoms with Crippen molar-refractivity contribution in [2.75, 3.05) is 18.1 Å². The average Bonchev–Trinajstić information content (AvgIpc) is 2.34. The Morgan fingerprint density at radius 2 is 1.72 bits per heavy atom. The quantitative estimate of drug-likeness (QED) is 0.808. The molecule has 1 aromatic carbocycles. The Balaban J connectivity index is 2.65. The van der Waals surface area contributed by atoms with Crippen LogP contribution >= 0.6 is 0 Å². The number of benzene rings is 1. The molecule has 0 spiro atoms. The molecule has 0 amide bonds. The smallest absolute Gasteiger partial charge is 0.0645 e. The van der Waals surface area contributed by atoms with Crippen LogP contribution in [0.2, 0.25) is 0 Å². The number of nitrogens with zero attached hydrogens (tertiary/aromatic N) is 1. The fraction of sp³-hybridized carbons (Fsp3) is 0.600. The number of rotatable bonds is 7. The fourth-order valence-corrected chi connectivity index (χ4v) is 1.90. The highest BCUT2D eigenvalue weighted by Crippen LogP contribution is 2.17. The summed E-state index contributed by atoms with van der Waals surface area (Å²) in [7, 11) is 0. The van der Waals surface area contributed by atoms with Crippen molar-refractivity contribution in [3.05, 3.63) is 29.8 Å². The molecular formula is C15H26N2O. The molecule has 0 atom stereocenters. The van der Waals surface area contributed by atoms with Crippen molar-refractivity contribution in [1.29, 1.82) is 0 Å². The zero-order chi connectivity index (χ0) is 13.5. The van der Waals surface area contributed by atoms with E-state index in [1.165, 1.54) is 11.3 Å². The van der Waals surface area contributed by atoms with Crippen LogP contribution in [0.5, 0.6) is 0 Å². The lowest BCUT2D eigenvalue weighted by atomic mass is 10.1. The largest absolute Gasteiger partial charge is 0.377 e. The standard InChI is InChI=1S/C15H26N2O/c1-12(2)17(9-10-18-13(3)4)15-7-5-14(11-16)6-8-15/h5-8,12-13H,9-11,16H2,1-4H3. The Bertz CT molecular complexity index is 333. The average molecular weight is 250 g/mol. The van der Waals surface area contributed by atoms with Crippen LogP contribution in [0.15, 0.2) is 24.3 Å². The molecule has 3 heteroatoms. The molecule has 0 aliphatic carbocycles. The summed E-state index contributed by atoms with van der Waals surface area (Å²) in [4.78, 5) is 2.35. The molecule has 0 aliphatic heterocycles. The van der Waals surface area contributed by atoms with Gasteiger partial charge in [0, 0.05) is 24.8 Å². The lowest BCUT2D eigenvalue weighted by Crippen LogP contribution is -2.34. The van der Waals surface area contributed by atoms with Crippen LogP contribution in [0.1, 0.15) is 33.3 Å². The van der Waals surface area contributed by atoms with E-state index in [1.54, 1.807) is 0 Å². The monoisotopic (exact) mass is 250 g/mol. The van der Waals surface area contributed by atoms with Gasteiger partial charge in [0.05, 0.1) is 12.7 Å². The lowest BCUT2D eigenvalue weighted by Gasteiger charge is -2.29. The van der Waals surface area contributed by atoms with Gasteiger partial charge in [0.1, 0.15) is 0 Å². The van der Waals surface area contributed by atoms with Gasteiger partial charge in [0.25, 0.3) is 0 Å². The zero-order valence-electron chi connectivity index (χ0n) is 12.0. The number of ether oxygens (including phenoxy) is 1. The molecule has 0 heterocycles. The molecule has 0 saturated heterocycles. The number of hydrogen-bond acceptors (Lipinski definition) is 3. The second-order valence-corrected chi connectivity index (χ2v) is 5.08. The van der Waals surface area contributed by atoms with Crippen LogP contribution in [0.4, 0.5) is 5.69 Å². The Morgan fingerprint density at radius 3 is 2.17 bits per heavy atom. The second-order valence-electron chi connectivity index (χ2n) is 5.08. The maximum Gasteiger partial charge on any atom is 0.0645 e. The minimum atomic E-state index is 0.290. The van der Waals surface area contributed by atoms with E-state index in [1.807, 2.05) is 0 Å². The predicted molar refractivity (Wildman–Crippen MR) is 77.9 cm³/mol. The first-order valence-corrected chi connectivity index (χ1v) is 6.71. The molecule has 0 saturated carbocycles. The van der Waals surface area contributed by atoms with Gasteiger partial charge in [0.2, 0.25) is 0 Å². The second kappa shape index (κ2) is 7.39. The van der Waals surface area contributed by atoms with Crippen LogP contribution in [-0.4, -0.2) is 25.3 Å². The summed E-state index contributed by atoms with van der Waals surface area (Å²) in [6.45, 7) is 10.8. The van der Waals surface area contributed by atoms with Crippen molar-refractivity contribution in [2.24, 2.45) is 5.73 Å². The van der Waals surface area contributed by atoms with E-state index < -0.39 is 0 Å². The van der Waals surface area contributed by atoms with Gasteiger partial charge in [-0.2, -0.15) is 0 Å². The van der Waals surface area contributed by atoms with Crippen molar-refractivity contribution in [1.82, 2.24) is 0 Å². The summed E-state index contributed by atoms with van der Waals surface area (Å²) in [6, 6.07) is 8.92. The van der Waals surface area contributed by atoms with Gasteiger partial charge in [-0.05, 0) is 45.4 Å². The maximum atomic E-state index is 5.63. The minimum absolute atomic E-state index is 0.290. The van der Waals surface area contributed by atoms with Gasteiger partial charge in [-0.1, -0.05) is 12.1 Å². The van der Waals surface area contributed by atoms with E-state index in [-0.39, 0.29) is 0 Å². The summed E-state index contributed by atoms with van der Waals surface area (Å²) in [5, 5.41) is 0. The molecule has 0 aromatic heterocycles. The first-order chi connectivity index (χ1) is 8.54. The topological polar surface area (TPSA) is 38.5 Å². The van der Waals surface area contributed by atoms with Gasteiger partial charge in [-0.15, -0.1) is 0 Å². The molecule has 3 nitrogen and oxygen atoms in total. The molecule has 0 radical (unpaired) electrons. The Hall–Kier alpha value is -1.06. The molecule has 0 bridgehead atoms. The van der Waals surface area contributed by atoms with E-state index in [4.69, 9.17) is 10.5 Å². The Morgan fingerprint density at radius 1 is 1.11 bits per heavy atom. The van der Waals surface area contributed by atoms with E-state index in [0.29, 0.717) is 18.7 Å². The van der Waals surface area contributed by atoms with E-state index in [0.717, 1.165) is 13.2 Å². The van der Waals surface area contributed by atoms with Crippen LogP contribution in [0, 0.1) is 0 Å². The van der Waals surface area contributed by atoms with Crippen LogP contribution in [-0.2, 0) is 11.3 Å². The Labute approximate surface area is 111 Å². The van der Waals surface area contributed by atoms with Crippen LogP contribution in [0.25, 0.3) is 0 Å². The summed E-state index contributed by atoms with van der Waals surface area (Å²) >= 11 is 0. The molecule has 102 valence electrons. The van der Waals surface area contributed by atoms with Gasteiger partial charge < -0.3 is 15.4 Å². The number of nitrogens with two attached hydrogens (primary N) is 1. The third kappa shape index (κ3) is 4.67. The summed E-state index contributed by atoms with van der Waals surface area (Å²) < 4.78 is 5.63. The van der Waals surface area contributed by atoms with E-state index in [2.05, 4.69) is 56.9 Å². The molecule has 0 unspecified atom stereocenters. The SMILES string of the molecule is CC(C)OCCN(c1ccc(CN)cc1)C(C)C. The predicted octanol–water partition coefficient (Wildman–Crippen LogP) is 2.79. The molecule has 18 heavy (non-hydrogen) atoms. The van der Waals surface area contributed by atoms with Crippen LogP contribution in [0.3, 0.4) is 0 Å². The van der Waals surface area contributed by atoms with Crippen molar-refractivity contribution >= 4 is 5.69 Å². The molecule has 1 rings (SSSR count). The van der Waals surface area contributed by atoms with Crippen molar-refractivity contribution in [3.63, 3.8) is 0 Å². The molecule has 2 N–H and O–H groups in total. The lowest BCUT2D eigenvalue weighted by molar-refractivity contribution is 0.0834. The third-order valence-corrected chi connectivity index (χ3v) is 2.91. The van der Waals surface area contributed by atoms with Crippen molar-refractivity contribution in [2.45, 2.75) is 46.4 Å². The summed E-state index contributed by atoms with van der Waals surface area (Å²) in [5.74, 6) is 0. The highest BCUT2D eigenvalue weighted by molar-refractivity contribution is 5.48. The first-order valence-electron chi connectivity index (χ1n) is 6.71. The van der Waals surface area contributed by atoms with Crippen molar-refractivity contribution < 1.29 is 4.74 Å². The van der Waals surface area contributed by atoms with Crippen LogP contribution < -0.4 is 10.6 Å². The van der Waals surface area contributed by atoms with Gasteiger partial charge in [-0.25, -0.2) is 0 Å². The molecular weight excluding hydrogens is 224 g/mol. The zero-order valence-corrected chi connectivity index (χ0v) is 12.0. The molecule has 0 fully saturated rings.